The quantitative estimate of drug-likeness (QED) is 0.175. The molecule has 174 valence electrons. The molecule has 0 aromatic heterocycles. The molecule has 30 heavy (non-hydrogen) atoms. The van der Waals surface area contributed by atoms with Gasteiger partial charge in [0.15, 0.2) is 0 Å². The molecule has 0 amide bonds. The SMILES string of the molecule is CCCCCCCCCCCCCCCC[N+](C)(C)C(C)(C)c1cccc(C)c1C. The lowest BCUT2D eigenvalue weighted by Gasteiger charge is -2.46. The van der Waals surface area contributed by atoms with E-state index in [2.05, 4.69) is 66.9 Å². The van der Waals surface area contributed by atoms with Gasteiger partial charge in [0, 0.05) is 5.56 Å². The highest BCUT2D eigenvalue weighted by atomic mass is 15.4. The molecule has 0 unspecified atom stereocenters. The largest absolute Gasteiger partial charge is 0.320 e. The third kappa shape index (κ3) is 9.13. The van der Waals surface area contributed by atoms with E-state index >= 15 is 0 Å². The summed E-state index contributed by atoms with van der Waals surface area (Å²) in [6, 6.07) is 6.81. The van der Waals surface area contributed by atoms with E-state index < -0.39 is 0 Å². The molecule has 1 aromatic rings. The zero-order chi connectivity index (χ0) is 22.5. The van der Waals surface area contributed by atoms with Gasteiger partial charge in [-0.2, -0.15) is 0 Å². The van der Waals surface area contributed by atoms with Crippen molar-refractivity contribution in [3.8, 4) is 0 Å². The van der Waals surface area contributed by atoms with E-state index in [1.54, 1.807) is 0 Å². The molecule has 0 heterocycles. The van der Waals surface area contributed by atoms with Crippen molar-refractivity contribution in [1.82, 2.24) is 0 Å². The fourth-order valence-electron chi connectivity index (χ4n) is 4.72. The molecule has 0 aliphatic rings. The lowest BCUT2D eigenvalue weighted by molar-refractivity contribution is -0.945. The highest BCUT2D eigenvalue weighted by Crippen LogP contribution is 2.35. The average molecular weight is 417 g/mol. The van der Waals surface area contributed by atoms with Crippen LogP contribution in [0.25, 0.3) is 0 Å². The van der Waals surface area contributed by atoms with Gasteiger partial charge >= 0.3 is 0 Å². The number of hydrogen-bond donors (Lipinski definition) is 0. The highest BCUT2D eigenvalue weighted by Gasteiger charge is 2.38. The van der Waals surface area contributed by atoms with Gasteiger partial charge in [0.05, 0.1) is 20.6 Å². The second-order valence-electron chi connectivity index (χ2n) is 10.8. The minimum atomic E-state index is 0.145. The minimum Gasteiger partial charge on any atom is -0.320 e. The van der Waals surface area contributed by atoms with Crippen molar-refractivity contribution in [3.05, 3.63) is 34.9 Å². The summed E-state index contributed by atoms with van der Waals surface area (Å²) in [6.45, 7) is 12.9. The number of rotatable bonds is 17. The normalized spacial score (nSPS) is 12.5. The first-order valence-corrected chi connectivity index (χ1v) is 13.1. The van der Waals surface area contributed by atoms with Crippen molar-refractivity contribution in [1.29, 1.82) is 0 Å². The summed E-state index contributed by atoms with van der Waals surface area (Å²) in [5.41, 5.74) is 4.54. The van der Waals surface area contributed by atoms with E-state index in [-0.39, 0.29) is 5.54 Å². The van der Waals surface area contributed by atoms with Crippen LogP contribution in [0.5, 0.6) is 0 Å². The number of nitrogens with zero attached hydrogens (tertiary/aromatic N) is 1. The fourth-order valence-corrected chi connectivity index (χ4v) is 4.72. The molecule has 0 fully saturated rings. The fraction of sp³-hybridized carbons (Fsp3) is 0.793. The molecule has 1 nitrogen and oxygen atoms in total. The molecule has 0 atom stereocenters. The van der Waals surface area contributed by atoms with E-state index in [1.807, 2.05) is 0 Å². The number of benzene rings is 1. The third-order valence-corrected chi connectivity index (χ3v) is 7.85. The summed E-state index contributed by atoms with van der Waals surface area (Å²) < 4.78 is 1.07. The smallest absolute Gasteiger partial charge is 0.119 e. The lowest BCUT2D eigenvalue weighted by Crippen LogP contribution is -2.54. The number of hydrogen-bond acceptors (Lipinski definition) is 0. The maximum atomic E-state index is 2.43. The van der Waals surface area contributed by atoms with E-state index in [0.29, 0.717) is 0 Å². The second-order valence-corrected chi connectivity index (χ2v) is 10.8. The predicted molar refractivity (Wildman–Crippen MR) is 136 cm³/mol. The molecule has 0 saturated heterocycles. The number of aryl methyl sites for hydroxylation is 1. The van der Waals surface area contributed by atoms with Crippen LogP contribution in [0.1, 0.15) is 127 Å². The van der Waals surface area contributed by atoms with Crippen LogP contribution >= 0.6 is 0 Å². The number of unbranched alkanes of at least 4 members (excludes halogenated alkanes) is 13. The molecular weight excluding hydrogens is 362 g/mol. The van der Waals surface area contributed by atoms with E-state index in [4.69, 9.17) is 0 Å². The Labute approximate surface area is 190 Å². The lowest BCUT2D eigenvalue weighted by atomic mass is 9.85. The number of quaternary nitrogens is 1. The first kappa shape index (κ1) is 27.2. The van der Waals surface area contributed by atoms with Crippen LogP contribution in [-0.4, -0.2) is 25.1 Å². The van der Waals surface area contributed by atoms with Crippen LogP contribution in [0.3, 0.4) is 0 Å². The maximum absolute atomic E-state index is 2.43. The van der Waals surface area contributed by atoms with Crippen LogP contribution in [0, 0.1) is 13.8 Å². The Morgan fingerprint density at radius 3 is 1.57 bits per heavy atom. The van der Waals surface area contributed by atoms with Gasteiger partial charge in [-0.25, -0.2) is 0 Å². The molecule has 0 aliphatic heterocycles. The van der Waals surface area contributed by atoms with Gasteiger partial charge in [0.25, 0.3) is 0 Å². The molecule has 1 rings (SSSR count). The van der Waals surface area contributed by atoms with Crippen LogP contribution in [0.2, 0.25) is 0 Å². The van der Waals surface area contributed by atoms with Crippen molar-refractivity contribution >= 4 is 0 Å². The Kier molecular flexibility index (Phi) is 13.0. The molecule has 0 N–H and O–H groups in total. The third-order valence-electron chi connectivity index (χ3n) is 7.85. The monoisotopic (exact) mass is 416 g/mol. The van der Waals surface area contributed by atoms with Crippen LogP contribution < -0.4 is 0 Å². The first-order chi connectivity index (χ1) is 14.2. The maximum Gasteiger partial charge on any atom is 0.119 e. The molecule has 1 heteroatoms. The summed E-state index contributed by atoms with van der Waals surface area (Å²) in [5.74, 6) is 0. The Balaban J connectivity index is 2.16. The van der Waals surface area contributed by atoms with Crippen LogP contribution in [-0.2, 0) is 5.54 Å². The minimum absolute atomic E-state index is 0.145. The standard InChI is InChI=1S/C29H54N/c1-8-9-10-11-12-13-14-15-16-17-18-19-20-21-25-30(6,7)29(4,5)28-24-22-23-26(2)27(28)3/h22-24H,8-21,25H2,1-7H3/q+1. The molecule has 0 aliphatic carbocycles. The van der Waals surface area contributed by atoms with Crippen molar-refractivity contribution < 1.29 is 4.48 Å². The second kappa shape index (κ2) is 14.3. The van der Waals surface area contributed by atoms with Crippen LogP contribution in [0.15, 0.2) is 18.2 Å². The van der Waals surface area contributed by atoms with Crippen molar-refractivity contribution in [2.75, 3.05) is 20.6 Å². The van der Waals surface area contributed by atoms with Gasteiger partial charge < -0.3 is 4.48 Å². The Morgan fingerprint density at radius 1 is 0.667 bits per heavy atom. The van der Waals surface area contributed by atoms with Crippen molar-refractivity contribution in [2.45, 2.75) is 130 Å². The van der Waals surface area contributed by atoms with Gasteiger partial charge in [-0.3, -0.25) is 0 Å². The first-order valence-electron chi connectivity index (χ1n) is 13.1. The molecule has 0 spiro atoms. The molecule has 0 radical (unpaired) electrons. The zero-order valence-corrected chi connectivity index (χ0v) is 21.8. The average Bonchev–Trinajstić information content (AvgIpc) is 2.70. The summed E-state index contributed by atoms with van der Waals surface area (Å²) in [7, 11) is 4.84. The van der Waals surface area contributed by atoms with Crippen molar-refractivity contribution in [2.24, 2.45) is 0 Å². The predicted octanol–water partition coefficient (Wildman–Crippen LogP) is 9.10. The molecule has 0 bridgehead atoms. The van der Waals surface area contributed by atoms with E-state index in [0.717, 1.165) is 4.48 Å². The summed E-state index contributed by atoms with van der Waals surface area (Å²) >= 11 is 0. The Hall–Kier alpha value is -0.820. The zero-order valence-electron chi connectivity index (χ0n) is 21.8. The van der Waals surface area contributed by atoms with E-state index in [9.17, 15) is 0 Å². The molecule has 0 saturated carbocycles. The van der Waals surface area contributed by atoms with Gasteiger partial charge in [-0.15, -0.1) is 0 Å². The van der Waals surface area contributed by atoms with Crippen LogP contribution in [0.4, 0.5) is 0 Å². The van der Waals surface area contributed by atoms with Gasteiger partial charge in [0.1, 0.15) is 5.54 Å². The van der Waals surface area contributed by atoms with Gasteiger partial charge in [0.2, 0.25) is 0 Å². The van der Waals surface area contributed by atoms with E-state index in [1.165, 1.54) is 113 Å². The van der Waals surface area contributed by atoms with Gasteiger partial charge in [-0.05, 0) is 51.7 Å². The Bertz CT molecular complexity index is 570. The summed E-state index contributed by atoms with van der Waals surface area (Å²) in [6.07, 6.45) is 20.0. The summed E-state index contributed by atoms with van der Waals surface area (Å²) in [5, 5.41) is 0. The molecule has 1 aromatic carbocycles. The molecular formula is C29H54N+. The topological polar surface area (TPSA) is 0 Å². The van der Waals surface area contributed by atoms with Crippen molar-refractivity contribution in [3.63, 3.8) is 0 Å². The highest BCUT2D eigenvalue weighted by molar-refractivity contribution is 5.36. The summed E-state index contributed by atoms with van der Waals surface area (Å²) in [4.78, 5) is 0. The van der Waals surface area contributed by atoms with Gasteiger partial charge in [-0.1, -0.05) is 102 Å². The Morgan fingerprint density at radius 2 is 1.10 bits per heavy atom.